The fourth-order valence-corrected chi connectivity index (χ4v) is 3.56. The molecule has 4 aromatic rings. The molecule has 0 saturated carbocycles. The summed E-state index contributed by atoms with van der Waals surface area (Å²) in [6.45, 7) is 0.812. The van der Waals surface area contributed by atoms with E-state index in [9.17, 15) is 0 Å². The lowest BCUT2D eigenvalue weighted by Crippen LogP contribution is -2.00. The van der Waals surface area contributed by atoms with Gasteiger partial charge in [-0.1, -0.05) is 46.5 Å². The summed E-state index contributed by atoms with van der Waals surface area (Å²) in [6.07, 6.45) is 1.82. The maximum atomic E-state index is 8.53. The number of pyridine rings is 1. The third kappa shape index (κ3) is 2.97. The van der Waals surface area contributed by atoms with E-state index in [2.05, 4.69) is 31.7 Å². The van der Waals surface area contributed by atoms with Crippen molar-refractivity contribution in [2.75, 3.05) is 0 Å². The lowest BCUT2D eigenvalue weighted by molar-refractivity contribution is 0.864. The van der Waals surface area contributed by atoms with Crippen molar-refractivity contribution in [3.63, 3.8) is 0 Å². The van der Waals surface area contributed by atoms with Crippen LogP contribution in [0.2, 0.25) is 10.0 Å². The molecule has 0 aliphatic rings. The number of nitrogens with zero attached hydrogens (tertiary/aromatic N) is 5. The molecule has 0 bridgehead atoms. The van der Waals surface area contributed by atoms with Crippen molar-refractivity contribution < 1.29 is 0 Å². The first-order valence-corrected chi connectivity index (χ1v) is 8.73. The van der Waals surface area contributed by atoms with Crippen molar-refractivity contribution >= 4 is 45.0 Å². The summed E-state index contributed by atoms with van der Waals surface area (Å²) >= 11 is 12.5. The van der Waals surface area contributed by atoms with E-state index in [1.165, 1.54) is 0 Å². The Hall–Kier alpha value is -2.72. The number of aromatic nitrogens is 2. The molecule has 0 aliphatic heterocycles. The highest BCUT2D eigenvalue weighted by Crippen LogP contribution is 2.31. The number of para-hydroxylation sites is 1. The summed E-state index contributed by atoms with van der Waals surface area (Å²) in [5.74, 6) is 0. The molecule has 128 valence electrons. The molecule has 4 rings (SSSR count). The van der Waals surface area contributed by atoms with Crippen molar-refractivity contribution in [2.24, 2.45) is 5.11 Å². The maximum absolute atomic E-state index is 8.53. The largest absolute Gasteiger partial charge is 0.335 e. The molecule has 2 aromatic carbocycles. The van der Waals surface area contributed by atoms with Crippen molar-refractivity contribution in [1.29, 1.82) is 0 Å². The molecule has 0 fully saturated rings. The molecule has 0 aliphatic carbocycles. The van der Waals surface area contributed by atoms with Crippen molar-refractivity contribution in [2.45, 2.75) is 13.1 Å². The molecule has 0 saturated heterocycles. The topological polar surface area (TPSA) is 66.6 Å². The summed E-state index contributed by atoms with van der Waals surface area (Å²) in [5.41, 5.74) is 12.3. The number of halogens is 2. The zero-order valence-corrected chi connectivity index (χ0v) is 15.1. The summed E-state index contributed by atoms with van der Waals surface area (Å²) in [4.78, 5) is 7.24. The molecule has 0 atom stereocenters. The number of hydrogen-bond donors (Lipinski definition) is 0. The molecule has 2 aromatic heterocycles. The first kappa shape index (κ1) is 16.7. The SMILES string of the molecule is [N-]=[N+]=NCc1cc2c3ccccc3n(Cc3cc(Cl)ccc3Cl)c2cn1. The molecule has 0 N–H and O–H groups in total. The molecule has 5 nitrogen and oxygen atoms in total. The lowest BCUT2D eigenvalue weighted by atomic mass is 10.1. The minimum absolute atomic E-state index is 0.228. The third-order valence-corrected chi connectivity index (χ3v) is 4.95. The Kier molecular flexibility index (Phi) is 4.43. The number of azide groups is 1. The maximum Gasteiger partial charge on any atom is 0.0684 e. The second-order valence-corrected chi connectivity index (χ2v) is 6.76. The van der Waals surface area contributed by atoms with Crippen molar-refractivity contribution in [3.05, 3.63) is 86.5 Å². The van der Waals surface area contributed by atoms with Crippen LogP contribution in [-0.2, 0) is 13.1 Å². The average molecular weight is 382 g/mol. The van der Waals surface area contributed by atoms with Gasteiger partial charge in [0, 0.05) is 43.5 Å². The Morgan fingerprint density at radius 3 is 2.73 bits per heavy atom. The minimum Gasteiger partial charge on any atom is -0.335 e. The standard InChI is InChI=1S/C19H13Cl2N5/c20-13-5-6-17(21)12(7-13)11-26-18-4-2-1-3-15(18)16-8-14(9-24-25-22)23-10-19(16)26/h1-8,10H,9,11H2. The van der Waals surface area contributed by atoms with Crippen molar-refractivity contribution in [3.8, 4) is 0 Å². The molecule has 0 amide bonds. The van der Waals surface area contributed by atoms with E-state index in [1.54, 1.807) is 6.07 Å². The number of rotatable bonds is 4. The molecule has 2 heterocycles. The van der Waals surface area contributed by atoms with Crippen LogP contribution in [0.15, 0.2) is 59.8 Å². The van der Waals surface area contributed by atoms with Gasteiger partial charge in [-0.2, -0.15) is 0 Å². The van der Waals surface area contributed by atoms with Gasteiger partial charge >= 0.3 is 0 Å². The summed E-state index contributed by atoms with van der Waals surface area (Å²) in [5, 5.41) is 7.11. The van der Waals surface area contributed by atoms with Gasteiger partial charge in [0.2, 0.25) is 0 Å². The van der Waals surface area contributed by atoms with Crippen LogP contribution in [0.25, 0.3) is 32.2 Å². The highest BCUT2D eigenvalue weighted by atomic mass is 35.5. The Balaban J connectivity index is 1.92. The molecule has 7 heteroatoms. The van der Waals surface area contributed by atoms with Crippen LogP contribution < -0.4 is 0 Å². The van der Waals surface area contributed by atoms with Gasteiger partial charge in [-0.05, 0) is 41.4 Å². The van der Waals surface area contributed by atoms with Crippen LogP contribution in [0.1, 0.15) is 11.3 Å². The quantitative estimate of drug-likeness (QED) is 0.230. The molecule has 0 radical (unpaired) electrons. The number of fused-ring (bicyclic) bond motifs is 3. The van der Waals surface area contributed by atoms with Gasteiger partial charge in [-0.15, -0.1) is 0 Å². The highest BCUT2D eigenvalue weighted by Gasteiger charge is 2.13. The second-order valence-electron chi connectivity index (χ2n) is 5.92. The van der Waals surface area contributed by atoms with Crippen LogP contribution in [0, 0.1) is 0 Å². The van der Waals surface area contributed by atoms with E-state index < -0.39 is 0 Å². The smallest absolute Gasteiger partial charge is 0.0684 e. The van der Waals surface area contributed by atoms with E-state index in [-0.39, 0.29) is 6.54 Å². The van der Waals surface area contributed by atoms with Crippen LogP contribution in [0.3, 0.4) is 0 Å². The fourth-order valence-electron chi connectivity index (χ4n) is 3.18. The normalized spacial score (nSPS) is 11.0. The predicted octanol–water partition coefficient (Wildman–Crippen LogP) is 6.35. The van der Waals surface area contributed by atoms with Crippen molar-refractivity contribution in [1.82, 2.24) is 9.55 Å². The van der Waals surface area contributed by atoms with Gasteiger partial charge in [0.15, 0.2) is 0 Å². The molecule has 26 heavy (non-hydrogen) atoms. The van der Waals surface area contributed by atoms with Gasteiger partial charge in [0.25, 0.3) is 0 Å². The van der Waals surface area contributed by atoms with E-state index in [0.29, 0.717) is 16.6 Å². The number of benzene rings is 2. The monoisotopic (exact) mass is 381 g/mol. The summed E-state index contributed by atoms with van der Waals surface area (Å²) < 4.78 is 2.17. The number of hydrogen-bond acceptors (Lipinski definition) is 2. The van der Waals surface area contributed by atoms with Crippen LogP contribution in [0.5, 0.6) is 0 Å². The summed E-state index contributed by atoms with van der Waals surface area (Å²) in [6, 6.07) is 15.6. The Bertz CT molecular complexity index is 1180. The predicted molar refractivity (Wildman–Crippen MR) is 106 cm³/mol. The highest BCUT2D eigenvalue weighted by molar-refractivity contribution is 6.33. The summed E-state index contributed by atoms with van der Waals surface area (Å²) in [7, 11) is 0. The lowest BCUT2D eigenvalue weighted by Gasteiger charge is -2.10. The van der Waals surface area contributed by atoms with E-state index >= 15 is 0 Å². The first-order valence-electron chi connectivity index (χ1n) is 7.98. The van der Waals surface area contributed by atoms with Crippen LogP contribution in [0.4, 0.5) is 0 Å². The molecule has 0 spiro atoms. The van der Waals surface area contributed by atoms with Gasteiger partial charge in [0.05, 0.1) is 18.3 Å². The van der Waals surface area contributed by atoms with Crippen LogP contribution in [-0.4, -0.2) is 9.55 Å². The second kappa shape index (κ2) is 6.89. The Morgan fingerprint density at radius 1 is 1.04 bits per heavy atom. The average Bonchev–Trinajstić information content (AvgIpc) is 2.96. The van der Waals surface area contributed by atoms with Gasteiger partial charge in [0.1, 0.15) is 0 Å². The van der Waals surface area contributed by atoms with E-state index in [4.69, 9.17) is 28.7 Å². The van der Waals surface area contributed by atoms with Gasteiger partial charge < -0.3 is 4.57 Å². The van der Waals surface area contributed by atoms with E-state index in [1.807, 2.05) is 36.5 Å². The van der Waals surface area contributed by atoms with E-state index in [0.717, 1.165) is 33.1 Å². The van der Waals surface area contributed by atoms with Gasteiger partial charge in [-0.25, -0.2) is 0 Å². The molecular formula is C19H13Cl2N5. The zero-order chi connectivity index (χ0) is 18.1. The van der Waals surface area contributed by atoms with Crippen LogP contribution >= 0.6 is 23.2 Å². The first-order chi connectivity index (χ1) is 12.7. The zero-order valence-electron chi connectivity index (χ0n) is 13.6. The van der Waals surface area contributed by atoms with Gasteiger partial charge in [-0.3, -0.25) is 4.98 Å². The fraction of sp³-hybridized carbons (Fsp3) is 0.105. The molecule has 0 unspecified atom stereocenters. The molecular weight excluding hydrogens is 369 g/mol. The minimum atomic E-state index is 0.228. The Labute approximate surface area is 159 Å². The third-order valence-electron chi connectivity index (χ3n) is 4.35. The Morgan fingerprint density at radius 2 is 1.88 bits per heavy atom.